The average Bonchev–Trinajstić information content (AvgIpc) is 1.94. The van der Waals surface area contributed by atoms with Crippen molar-refractivity contribution < 1.29 is 4.79 Å². The van der Waals surface area contributed by atoms with E-state index < -0.39 is 0 Å². The highest BCUT2D eigenvalue weighted by Crippen LogP contribution is 1.73. The summed E-state index contributed by atoms with van der Waals surface area (Å²) >= 11 is 0. The Morgan fingerprint density at radius 2 is 2.50 bits per heavy atom. The van der Waals surface area contributed by atoms with Gasteiger partial charge < -0.3 is 9.36 Å². The molecule has 0 bridgehead atoms. The molecule has 0 aliphatic rings. The maximum absolute atomic E-state index is 10.8. The SMILES string of the molecule is O=CCn1ccncc1=O. The first-order chi connectivity index (χ1) is 4.84. The van der Waals surface area contributed by atoms with Crippen molar-refractivity contribution in [3.63, 3.8) is 0 Å². The van der Waals surface area contributed by atoms with Gasteiger partial charge in [0.05, 0.1) is 12.7 Å². The van der Waals surface area contributed by atoms with Crippen molar-refractivity contribution in [3.8, 4) is 0 Å². The molecule has 0 aliphatic heterocycles. The third-order valence-corrected chi connectivity index (χ3v) is 1.07. The van der Waals surface area contributed by atoms with Crippen molar-refractivity contribution >= 4 is 6.29 Å². The molecule has 0 unspecified atom stereocenters. The van der Waals surface area contributed by atoms with Crippen LogP contribution in [0.1, 0.15) is 0 Å². The Labute approximate surface area is 57.1 Å². The van der Waals surface area contributed by atoms with E-state index in [1.807, 2.05) is 0 Å². The second-order valence-electron chi connectivity index (χ2n) is 1.73. The van der Waals surface area contributed by atoms with Crippen molar-refractivity contribution in [2.24, 2.45) is 0 Å². The van der Waals surface area contributed by atoms with Gasteiger partial charge in [-0.1, -0.05) is 0 Å². The quantitative estimate of drug-likeness (QED) is 0.515. The average molecular weight is 138 g/mol. The lowest BCUT2D eigenvalue weighted by Crippen LogP contribution is -2.19. The second-order valence-corrected chi connectivity index (χ2v) is 1.73. The topological polar surface area (TPSA) is 52.0 Å². The second kappa shape index (κ2) is 2.91. The summed E-state index contributed by atoms with van der Waals surface area (Å²) in [7, 11) is 0. The zero-order valence-electron chi connectivity index (χ0n) is 5.23. The third kappa shape index (κ3) is 1.28. The number of hydrogen-bond acceptors (Lipinski definition) is 3. The minimum atomic E-state index is -0.255. The van der Waals surface area contributed by atoms with Gasteiger partial charge in [0.2, 0.25) is 0 Å². The maximum Gasteiger partial charge on any atom is 0.269 e. The molecule has 0 atom stereocenters. The van der Waals surface area contributed by atoms with Crippen molar-refractivity contribution in [1.82, 2.24) is 9.55 Å². The highest BCUT2D eigenvalue weighted by Gasteiger charge is 1.89. The summed E-state index contributed by atoms with van der Waals surface area (Å²) in [5.41, 5.74) is -0.255. The van der Waals surface area contributed by atoms with Gasteiger partial charge in [0.1, 0.15) is 6.29 Å². The van der Waals surface area contributed by atoms with E-state index in [2.05, 4.69) is 4.98 Å². The Bertz CT molecular complexity index is 279. The van der Waals surface area contributed by atoms with E-state index in [9.17, 15) is 9.59 Å². The van der Waals surface area contributed by atoms with Crippen LogP contribution in [0.2, 0.25) is 0 Å². The Morgan fingerprint density at radius 1 is 1.70 bits per heavy atom. The van der Waals surface area contributed by atoms with Gasteiger partial charge in [-0.05, 0) is 0 Å². The lowest BCUT2D eigenvalue weighted by atomic mass is 10.6. The molecule has 1 aromatic heterocycles. The predicted octanol–water partition coefficient (Wildman–Crippen LogP) is -0.558. The lowest BCUT2D eigenvalue weighted by molar-refractivity contribution is -0.108. The number of rotatable bonds is 2. The third-order valence-electron chi connectivity index (χ3n) is 1.07. The van der Waals surface area contributed by atoms with Crippen LogP contribution < -0.4 is 5.56 Å². The fourth-order valence-electron chi connectivity index (χ4n) is 0.605. The largest absolute Gasteiger partial charge is 0.306 e. The molecule has 52 valence electrons. The van der Waals surface area contributed by atoms with E-state index in [-0.39, 0.29) is 12.1 Å². The van der Waals surface area contributed by atoms with Crippen LogP contribution in [0, 0.1) is 0 Å². The predicted molar refractivity (Wildman–Crippen MR) is 34.6 cm³/mol. The fourth-order valence-corrected chi connectivity index (χ4v) is 0.605. The number of aldehydes is 1. The van der Waals surface area contributed by atoms with E-state index in [4.69, 9.17) is 0 Å². The molecule has 0 N–H and O–H groups in total. The summed E-state index contributed by atoms with van der Waals surface area (Å²) in [4.78, 5) is 24.3. The van der Waals surface area contributed by atoms with Crippen LogP contribution in [0.15, 0.2) is 23.4 Å². The fraction of sp³-hybridized carbons (Fsp3) is 0.167. The van der Waals surface area contributed by atoms with Crippen LogP contribution in [0.4, 0.5) is 0 Å². The normalized spacial score (nSPS) is 9.20. The van der Waals surface area contributed by atoms with Gasteiger partial charge in [0.25, 0.3) is 5.56 Å². The highest BCUT2D eigenvalue weighted by atomic mass is 16.1. The molecular formula is C6H6N2O2. The number of nitrogens with zero attached hydrogens (tertiary/aromatic N) is 2. The minimum Gasteiger partial charge on any atom is -0.306 e. The molecule has 1 rings (SSSR count). The molecule has 0 saturated heterocycles. The van der Waals surface area contributed by atoms with Crippen LogP contribution in [0.5, 0.6) is 0 Å². The lowest BCUT2D eigenvalue weighted by Gasteiger charge is -1.94. The summed E-state index contributed by atoms with van der Waals surface area (Å²) < 4.78 is 1.28. The van der Waals surface area contributed by atoms with Gasteiger partial charge >= 0.3 is 0 Å². The summed E-state index contributed by atoms with van der Waals surface area (Å²) in [5, 5.41) is 0. The molecule has 0 radical (unpaired) electrons. The van der Waals surface area contributed by atoms with E-state index in [0.717, 1.165) is 0 Å². The number of carbonyl (C=O) groups excluding carboxylic acids is 1. The molecule has 0 aliphatic carbocycles. The minimum absolute atomic E-state index is 0.0986. The van der Waals surface area contributed by atoms with Gasteiger partial charge in [-0.3, -0.25) is 9.78 Å². The molecule has 0 saturated carbocycles. The number of carbonyl (C=O) groups is 1. The van der Waals surface area contributed by atoms with Crippen LogP contribution in [0.3, 0.4) is 0 Å². The summed E-state index contributed by atoms with van der Waals surface area (Å²) in [6.45, 7) is 0.0986. The Kier molecular flexibility index (Phi) is 1.94. The molecule has 1 heterocycles. The summed E-state index contributed by atoms with van der Waals surface area (Å²) in [6, 6.07) is 0. The molecule has 1 aromatic rings. The van der Waals surface area contributed by atoms with E-state index >= 15 is 0 Å². The molecule has 0 spiro atoms. The summed E-state index contributed by atoms with van der Waals surface area (Å²) in [6.07, 6.45) is 4.77. The van der Waals surface area contributed by atoms with Crippen LogP contribution in [-0.2, 0) is 11.3 Å². The van der Waals surface area contributed by atoms with E-state index in [1.165, 1.54) is 23.2 Å². The van der Waals surface area contributed by atoms with Gasteiger partial charge in [-0.25, -0.2) is 0 Å². The molecule has 0 amide bonds. The molecule has 4 heteroatoms. The zero-order chi connectivity index (χ0) is 7.40. The Balaban J connectivity index is 3.03. The molecule has 0 aromatic carbocycles. The van der Waals surface area contributed by atoms with Gasteiger partial charge in [0.15, 0.2) is 0 Å². The first-order valence-corrected chi connectivity index (χ1v) is 2.78. The standard InChI is InChI=1S/C6H6N2O2/c9-4-3-8-2-1-7-5-6(8)10/h1-2,4-5H,3H2. The maximum atomic E-state index is 10.8. The van der Waals surface area contributed by atoms with Crippen molar-refractivity contribution in [2.45, 2.75) is 6.54 Å². The highest BCUT2D eigenvalue weighted by molar-refractivity contribution is 5.48. The first-order valence-electron chi connectivity index (χ1n) is 2.78. The number of aromatic nitrogens is 2. The van der Waals surface area contributed by atoms with Crippen molar-refractivity contribution in [2.75, 3.05) is 0 Å². The first kappa shape index (κ1) is 6.67. The molecule has 10 heavy (non-hydrogen) atoms. The Morgan fingerprint density at radius 3 is 3.10 bits per heavy atom. The molecule has 0 fully saturated rings. The number of hydrogen-bond donors (Lipinski definition) is 0. The monoisotopic (exact) mass is 138 g/mol. The zero-order valence-corrected chi connectivity index (χ0v) is 5.23. The van der Waals surface area contributed by atoms with E-state index in [0.29, 0.717) is 6.29 Å². The smallest absolute Gasteiger partial charge is 0.269 e. The van der Waals surface area contributed by atoms with Crippen molar-refractivity contribution in [3.05, 3.63) is 28.9 Å². The molecule has 4 nitrogen and oxygen atoms in total. The summed E-state index contributed by atoms with van der Waals surface area (Å²) in [5.74, 6) is 0. The van der Waals surface area contributed by atoms with Gasteiger partial charge in [-0.15, -0.1) is 0 Å². The van der Waals surface area contributed by atoms with Gasteiger partial charge in [0, 0.05) is 12.4 Å². The van der Waals surface area contributed by atoms with E-state index in [1.54, 1.807) is 0 Å². The van der Waals surface area contributed by atoms with Crippen LogP contribution in [0.25, 0.3) is 0 Å². The van der Waals surface area contributed by atoms with Crippen molar-refractivity contribution in [1.29, 1.82) is 0 Å². The van der Waals surface area contributed by atoms with Gasteiger partial charge in [-0.2, -0.15) is 0 Å². The molecular weight excluding hydrogens is 132 g/mol. The van der Waals surface area contributed by atoms with Crippen LogP contribution >= 0.6 is 0 Å². The Hall–Kier alpha value is -1.45. The van der Waals surface area contributed by atoms with Crippen LogP contribution in [-0.4, -0.2) is 15.8 Å².